The van der Waals surface area contributed by atoms with Gasteiger partial charge in [-0.2, -0.15) is 5.10 Å². The number of rotatable bonds is 5. The number of nitrogens with one attached hydrogen (secondary N) is 1. The summed E-state index contributed by atoms with van der Waals surface area (Å²) >= 11 is 0. The first kappa shape index (κ1) is 13.8. The van der Waals surface area contributed by atoms with E-state index < -0.39 is 0 Å². The Morgan fingerprint density at radius 3 is 2.86 bits per heavy atom. The van der Waals surface area contributed by atoms with Gasteiger partial charge in [0.05, 0.1) is 12.2 Å². The minimum atomic E-state index is 0.428. The van der Waals surface area contributed by atoms with E-state index in [1.807, 2.05) is 40.5 Å². The van der Waals surface area contributed by atoms with E-state index in [-0.39, 0.29) is 0 Å². The van der Waals surface area contributed by atoms with E-state index in [4.69, 9.17) is 0 Å². The molecule has 21 heavy (non-hydrogen) atoms. The maximum atomic E-state index is 4.52. The normalized spacial score (nSPS) is 11.6. The summed E-state index contributed by atoms with van der Waals surface area (Å²) in [5, 5.41) is 16.3. The second kappa shape index (κ2) is 5.65. The topological polar surface area (TPSA) is 60.0 Å². The molecule has 0 saturated carbocycles. The van der Waals surface area contributed by atoms with E-state index >= 15 is 0 Å². The number of pyridine rings is 1. The van der Waals surface area contributed by atoms with Crippen LogP contribution >= 0.6 is 0 Å². The molecule has 6 nitrogen and oxygen atoms in total. The van der Waals surface area contributed by atoms with Gasteiger partial charge in [0.15, 0.2) is 11.5 Å². The van der Waals surface area contributed by atoms with E-state index in [1.54, 1.807) is 0 Å². The molecular weight excluding hydrogens is 264 g/mol. The summed E-state index contributed by atoms with van der Waals surface area (Å²) in [5.74, 6) is 1.34. The van der Waals surface area contributed by atoms with Gasteiger partial charge in [0.25, 0.3) is 0 Å². The van der Waals surface area contributed by atoms with Gasteiger partial charge in [0.2, 0.25) is 0 Å². The van der Waals surface area contributed by atoms with Crippen molar-refractivity contribution in [2.45, 2.75) is 32.9 Å². The van der Waals surface area contributed by atoms with Gasteiger partial charge in [-0.3, -0.25) is 9.08 Å². The first-order valence-electron chi connectivity index (χ1n) is 7.17. The van der Waals surface area contributed by atoms with Gasteiger partial charge in [0, 0.05) is 31.5 Å². The Morgan fingerprint density at radius 1 is 1.19 bits per heavy atom. The maximum Gasteiger partial charge on any atom is 0.160 e. The highest BCUT2D eigenvalue weighted by molar-refractivity contribution is 5.36. The van der Waals surface area contributed by atoms with Crippen molar-refractivity contribution in [3.05, 3.63) is 47.7 Å². The Balaban J connectivity index is 1.69. The van der Waals surface area contributed by atoms with Crippen LogP contribution in [0.3, 0.4) is 0 Å². The number of nitrogens with zero attached hydrogens (tertiary/aromatic N) is 5. The fraction of sp³-hybridized carbons (Fsp3) is 0.400. The molecule has 0 fully saturated rings. The molecule has 1 N–H and O–H groups in total. The number of fused-ring (bicyclic) bond motifs is 1. The van der Waals surface area contributed by atoms with Gasteiger partial charge in [-0.1, -0.05) is 19.9 Å². The lowest BCUT2D eigenvalue weighted by molar-refractivity contribution is 0.648. The van der Waals surface area contributed by atoms with Crippen LogP contribution in [0.4, 0.5) is 0 Å². The van der Waals surface area contributed by atoms with Crippen molar-refractivity contribution in [2.75, 3.05) is 0 Å². The summed E-state index contributed by atoms with van der Waals surface area (Å²) in [7, 11) is 1.96. The molecule has 0 bridgehead atoms. The zero-order valence-electron chi connectivity index (χ0n) is 12.6. The highest BCUT2D eigenvalue weighted by atomic mass is 15.3. The zero-order valence-corrected chi connectivity index (χ0v) is 12.6. The zero-order chi connectivity index (χ0) is 14.8. The second-order valence-corrected chi connectivity index (χ2v) is 5.52. The lowest BCUT2D eigenvalue weighted by atomic mass is 10.1. The minimum Gasteiger partial charge on any atom is -0.306 e. The van der Waals surface area contributed by atoms with Crippen LogP contribution in [0.1, 0.15) is 36.8 Å². The number of aromatic nitrogens is 5. The highest BCUT2D eigenvalue weighted by Gasteiger charge is 2.11. The third kappa shape index (κ3) is 2.80. The van der Waals surface area contributed by atoms with Crippen LogP contribution in [0.25, 0.3) is 5.65 Å². The number of aryl methyl sites for hydroxylation is 1. The second-order valence-electron chi connectivity index (χ2n) is 5.52. The Bertz CT molecular complexity index is 740. The van der Waals surface area contributed by atoms with Crippen molar-refractivity contribution in [1.82, 2.24) is 29.7 Å². The summed E-state index contributed by atoms with van der Waals surface area (Å²) in [6, 6.07) is 5.90. The molecular formula is C15H20N6. The third-order valence-corrected chi connectivity index (χ3v) is 3.47. The van der Waals surface area contributed by atoms with Crippen molar-refractivity contribution in [2.24, 2.45) is 7.05 Å². The third-order valence-electron chi connectivity index (χ3n) is 3.47. The Labute approximate surface area is 123 Å². The van der Waals surface area contributed by atoms with Crippen LogP contribution in [-0.2, 0) is 20.1 Å². The lowest BCUT2D eigenvalue weighted by Crippen LogP contribution is -2.15. The van der Waals surface area contributed by atoms with Crippen molar-refractivity contribution in [3.8, 4) is 0 Å². The largest absolute Gasteiger partial charge is 0.306 e. The summed E-state index contributed by atoms with van der Waals surface area (Å²) in [5.41, 5.74) is 3.26. The number of hydrogen-bond donors (Lipinski definition) is 1. The van der Waals surface area contributed by atoms with E-state index in [1.165, 1.54) is 5.56 Å². The molecule has 3 rings (SSSR count). The van der Waals surface area contributed by atoms with Gasteiger partial charge in [0.1, 0.15) is 0 Å². The number of hydrogen-bond acceptors (Lipinski definition) is 4. The fourth-order valence-corrected chi connectivity index (χ4v) is 2.50. The van der Waals surface area contributed by atoms with Gasteiger partial charge >= 0.3 is 0 Å². The molecule has 0 amide bonds. The Hall–Kier alpha value is -2.21. The van der Waals surface area contributed by atoms with E-state index in [0.717, 1.165) is 23.7 Å². The summed E-state index contributed by atoms with van der Waals surface area (Å²) in [4.78, 5) is 0. The monoisotopic (exact) mass is 284 g/mol. The van der Waals surface area contributed by atoms with Gasteiger partial charge in [-0.25, -0.2) is 0 Å². The average Bonchev–Trinajstić information content (AvgIpc) is 3.03. The average molecular weight is 284 g/mol. The molecule has 0 saturated heterocycles. The molecule has 0 aromatic carbocycles. The molecule has 0 aliphatic carbocycles. The Morgan fingerprint density at radius 2 is 2.05 bits per heavy atom. The molecule has 0 spiro atoms. The predicted molar refractivity (Wildman–Crippen MR) is 80.8 cm³/mol. The van der Waals surface area contributed by atoms with Crippen molar-refractivity contribution in [1.29, 1.82) is 0 Å². The molecule has 0 unspecified atom stereocenters. The quantitative estimate of drug-likeness (QED) is 0.777. The van der Waals surface area contributed by atoms with Gasteiger partial charge < -0.3 is 5.32 Å². The van der Waals surface area contributed by atoms with E-state index in [2.05, 4.69) is 40.7 Å². The molecule has 3 heterocycles. The molecule has 6 heteroatoms. The SMILES string of the molecule is CC(C)c1nn(C)cc1CNCc1nnc2ccccn12. The van der Waals surface area contributed by atoms with Crippen LogP contribution in [0.15, 0.2) is 30.6 Å². The molecule has 3 aromatic heterocycles. The van der Waals surface area contributed by atoms with Gasteiger partial charge in [-0.05, 0) is 18.1 Å². The van der Waals surface area contributed by atoms with Crippen molar-refractivity contribution >= 4 is 5.65 Å². The predicted octanol–water partition coefficient (Wildman–Crippen LogP) is 1.88. The van der Waals surface area contributed by atoms with Crippen LogP contribution in [0, 0.1) is 0 Å². The molecule has 110 valence electrons. The lowest BCUT2D eigenvalue weighted by Gasteiger charge is -2.06. The highest BCUT2D eigenvalue weighted by Crippen LogP contribution is 2.17. The molecule has 0 radical (unpaired) electrons. The summed E-state index contributed by atoms with van der Waals surface area (Å²) in [6.07, 6.45) is 4.06. The fourth-order valence-electron chi connectivity index (χ4n) is 2.50. The summed E-state index contributed by atoms with van der Waals surface area (Å²) in [6.45, 7) is 5.79. The first-order chi connectivity index (χ1) is 10.1. The van der Waals surface area contributed by atoms with Crippen LogP contribution < -0.4 is 5.32 Å². The standard InChI is InChI=1S/C15H20N6/c1-11(2)15-12(10-20(3)19-15)8-16-9-14-18-17-13-6-4-5-7-21(13)14/h4-7,10-11,16H,8-9H2,1-3H3. The van der Waals surface area contributed by atoms with E-state index in [0.29, 0.717) is 12.5 Å². The first-order valence-corrected chi connectivity index (χ1v) is 7.17. The molecule has 0 atom stereocenters. The molecule has 0 aliphatic heterocycles. The van der Waals surface area contributed by atoms with Crippen LogP contribution in [-0.4, -0.2) is 24.4 Å². The van der Waals surface area contributed by atoms with E-state index in [9.17, 15) is 0 Å². The van der Waals surface area contributed by atoms with Crippen LogP contribution in [0.5, 0.6) is 0 Å². The van der Waals surface area contributed by atoms with Gasteiger partial charge in [-0.15, -0.1) is 10.2 Å². The maximum absolute atomic E-state index is 4.52. The molecule has 0 aliphatic rings. The van der Waals surface area contributed by atoms with Crippen molar-refractivity contribution in [3.63, 3.8) is 0 Å². The van der Waals surface area contributed by atoms with Crippen LogP contribution in [0.2, 0.25) is 0 Å². The smallest absolute Gasteiger partial charge is 0.160 e. The van der Waals surface area contributed by atoms with Crippen molar-refractivity contribution < 1.29 is 0 Å². The Kier molecular flexibility index (Phi) is 3.70. The molecule has 3 aromatic rings. The minimum absolute atomic E-state index is 0.428. The summed E-state index contributed by atoms with van der Waals surface area (Å²) < 4.78 is 3.87.